The van der Waals surface area contributed by atoms with Gasteiger partial charge in [0.05, 0.1) is 30.7 Å². The highest BCUT2D eigenvalue weighted by Gasteiger charge is 2.20. The van der Waals surface area contributed by atoms with E-state index in [0.29, 0.717) is 18.1 Å². The minimum Gasteiger partial charge on any atom is -0.497 e. The normalized spacial score (nSPS) is 11.1. The first-order valence-corrected chi connectivity index (χ1v) is 9.00. The van der Waals surface area contributed by atoms with Crippen molar-refractivity contribution in [3.8, 4) is 17.3 Å². The average Bonchev–Trinajstić information content (AvgIpc) is 3.31. The van der Waals surface area contributed by atoms with Crippen LogP contribution in [-0.4, -0.2) is 38.5 Å². The molecule has 0 fully saturated rings. The van der Waals surface area contributed by atoms with E-state index in [4.69, 9.17) is 15.1 Å². The molecule has 1 aromatic carbocycles. The number of pyridine rings is 1. The summed E-state index contributed by atoms with van der Waals surface area (Å²) in [6.45, 7) is 3.47. The first kappa shape index (κ1) is 17.8. The summed E-state index contributed by atoms with van der Waals surface area (Å²) < 4.78 is 12.1. The summed E-state index contributed by atoms with van der Waals surface area (Å²) in [5.41, 5.74) is 10.1. The Balaban J connectivity index is 1.62. The van der Waals surface area contributed by atoms with E-state index in [2.05, 4.69) is 31.7 Å². The number of imidazole rings is 1. The van der Waals surface area contributed by atoms with Crippen LogP contribution in [0.1, 0.15) is 12.5 Å². The van der Waals surface area contributed by atoms with Gasteiger partial charge in [-0.25, -0.2) is 9.61 Å². The summed E-state index contributed by atoms with van der Waals surface area (Å²) >= 11 is 0. The van der Waals surface area contributed by atoms with Crippen molar-refractivity contribution in [2.24, 2.45) is 0 Å². The predicted molar refractivity (Wildman–Crippen MR) is 106 cm³/mol. The van der Waals surface area contributed by atoms with Crippen LogP contribution in [0.5, 0.6) is 5.75 Å². The standard InChI is InChI=1S/C19H21N7O2/c1-3-26-17-14(22-8-7-12-5-4-6-13(9-12)27-2)10-21-11-15(17)23-19(26)16-18(20)25-28-24-16/h4-6,9-11,22H,3,7-8H2,1-2H3,(H2,20,25). The second kappa shape index (κ2) is 7.55. The highest BCUT2D eigenvalue weighted by Crippen LogP contribution is 2.30. The second-order valence-corrected chi connectivity index (χ2v) is 6.26. The maximum Gasteiger partial charge on any atom is 0.199 e. The molecule has 0 saturated carbocycles. The number of rotatable bonds is 7. The SMILES string of the molecule is CCn1c(-c2nonc2N)nc2cncc(NCCc3cccc(OC)c3)c21. The van der Waals surface area contributed by atoms with Crippen LogP contribution in [0.15, 0.2) is 41.3 Å². The molecule has 9 heteroatoms. The first-order chi connectivity index (χ1) is 13.7. The van der Waals surface area contributed by atoms with Crippen LogP contribution in [0, 0.1) is 0 Å². The minimum atomic E-state index is 0.213. The molecule has 0 aliphatic rings. The topological polar surface area (TPSA) is 117 Å². The quantitative estimate of drug-likeness (QED) is 0.503. The Kier molecular flexibility index (Phi) is 4.79. The maximum absolute atomic E-state index is 5.86. The van der Waals surface area contributed by atoms with Crippen molar-refractivity contribution in [2.45, 2.75) is 19.9 Å². The van der Waals surface area contributed by atoms with E-state index in [9.17, 15) is 0 Å². The number of nitrogen functional groups attached to an aromatic ring is 1. The molecule has 0 saturated heterocycles. The molecule has 28 heavy (non-hydrogen) atoms. The first-order valence-electron chi connectivity index (χ1n) is 9.00. The molecule has 4 aromatic rings. The highest BCUT2D eigenvalue weighted by atomic mass is 16.6. The molecule has 3 N–H and O–H groups in total. The van der Waals surface area contributed by atoms with Gasteiger partial charge in [-0.2, -0.15) is 0 Å². The van der Waals surface area contributed by atoms with Gasteiger partial charge in [0.1, 0.15) is 11.3 Å². The number of hydrogen-bond donors (Lipinski definition) is 2. The fourth-order valence-electron chi connectivity index (χ4n) is 3.23. The third-order valence-corrected chi connectivity index (χ3v) is 4.56. The van der Waals surface area contributed by atoms with Gasteiger partial charge in [0.2, 0.25) is 0 Å². The van der Waals surface area contributed by atoms with Gasteiger partial charge < -0.3 is 20.4 Å². The van der Waals surface area contributed by atoms with Crippen molar-refractivity contribution >= 4 is 22.5 Å². The Morgan fingerprint density at radius 1 is 1.25 bits per heavy atom. The largest absolute Gasteiger partial charge is 0.497 e. The summed E-state index contributed by atoms with van der Waals surface area (Å²) in [7, 11) is 1.67. The Hall–Kier alpha value is -3.62. The zero-order valence-corrected chi connectivity index (χ0v) is 15.7. The van der Waals surface area contributed by atoms with E-state index < -0.39 is 0 Å². The Labute approximate surface area is 161 Å². The summed E-state index contributed by atoms with van der Waals surface area (Å²) in [5.74, 6) is 1.68. The smallest absolute Gasteiger partial charge is 0.199 e. The van der Waals surface area contributed by atoms with Gasteiger partial charge in [-0.05, 0) is 41.4 Å². The third kappa shape index (κ3) is 3.22. The van der Waals surface area contributed by atoms with E-state index >= 15 is 0 Å². The summed E-state index contributed by atoms with van der Waals surface area (Å²) in [6, 6.07) is 8.05. The van der Waals surface area contributed by atoms with Crippen LogP contribution >= 0.6 is 0 Å². The van der Waals surface area contributed by atoms with Crippen LogP contribution in [-0.2, 0) is 13.0 Å². The van der Waals surface area contributed by atoms with Crippen LogP contribution in [0.4, 0.5) is 11.5 Å². The lowest BCUT2D eigenvalue weighted by molar-refractivity contribution is 0.310. The lowest BCUT2D eigenvalue weighted by Gasteiger charge is -2.11. The number of benzene rings is 1. The Morgan fingerprint density at radius 2 is 2.14 bits per heavy atom. The second-order valence-electron chi connectivity index (χ2n) is 6.26. The monoisotopic (exact) mass is 379 g/mol. The van der Waals surface area contributed by atoms with Gasteiger partial charge in [-0.1, -0.05) is 12.1 Å². The molecule has 0 unspecified atom stereocenters. The predicted octanol–water partition coefficient (Wildman–Crippen LogP) is 2.75. The van der Waals surface area contributed by atoms with Gasteiger partial charge >= 0.3 is 0 Å². The number of fused-ring (bicyclic) bond motifs is 1. The van der Waals surface area contributed by atoms with E-state index in [-0.39, 0.29) is 5.82 Å². The lowest BCUT2D eigenvalue weighted by Crippen LogP contribution is -2.08. The number of nitrogens with two attached hydrogens (primary N) is 1. The average molecular weight is 379 g/mol. The summed E-state index contributed by atoms with van der Waals surface area (Å²) in [6.07, 6.45) is 4.37. The molecule has 3 heterocycles. The van der Waals surface area contributed by atoms with E-state index in [1.54, 1.807) is 19.5 Å². The molecule has 9 nitrogen and oxygen atoms in total. The molecule has 144 valence electrons. The molecule has 0 atom stereocenters. The van der Waals surface area contributed by atoms with Gasteiger partial charge in [0.15, 0.2) is 17.3 Å². The maximum atomic E-state index is 5.86. The number of methoxy groups -OCH3 is 1. The third-order valence-electron chi connectivity index (χ3n) is 4.56. The Morgan fingerprint density at radius 3 is 2.89 bits per heavy atom. The van der Waals surface area contributed by atoms with E-state index in [0.717, 1.165) is 35.4 Å². The zero-order valence-electron chi connectivity index (χ0n) is 15.7. The van der Waals surface area contributed by atoms with Crippen LogP contribution in [0.3, 0.4) is 0 Å². The van der Waals surface area contributed by atoms with Crippen molar-refractivity contribution in [1.82, 2.24) is 24.8 Å². The molecule has 0 bridgehead atoms. The van der Waals surface area contributed by atoms with Crippen LogP contribution in [0.25, 0.3) is 22.6 Å². The Bertz CT molecular complexity index is 1100. The molecule has 0 aliphatic heterocycles. The van der Waals surface area contributed by atoms with Crippen molar-refractivity contribution < 1.29 is 9.37 Å². The van der Waals surface area contributed by atoms with E-state index in [1.807, 2.05) is 29.7 Å². The summed E-state index contributed by atoms with van der Waals surface area (Å²) in [5, 5.41) is 11.0. The minimum absolute atomic E-state index is 0.213. The number of aromatic nitrogens is 5. The number of aryl methyl sites for hydroxylation is 1. The van der Waals surface area contributed by atoms with Crippen molar-refractivity contribution in [3.05, 3.63) is 42.2 Å². The molecular formula is C19H21N7O2. The molecule has 0 aliphatic carbocycles. The van der Waals surface area contributed by atoms with Gasteiger partial charge in [-0.15, -0.1) is 0 Å². The highest BCUT2D eigenvalue weighted by molar-refractivity contribution is 5.90. The van der Waals surface area contributed by atoms with Crippen molar-refractivity contribution in [1.29, 1.82) is 0 Å². The number of hydrogen-bond acceptors (Lipinski definition) is 8. The number of ether oxygens (including phenoxy) is 1. The lowest BCUT2D eigenvalue weighted by atomic mass is 10.1. The molecule has 0 radical (unpaired) electrons. The van der Waals surface area contributed by atoms with Gasteiger partial charge in [0, 0.05) is 13.1 Å². The van der Waals surface area contributed by atoms with Gasteiger partial charge in [-0.3, -0.25) is 4.98 Å². The van der Waals surface area contributed by atoms with Crippen LogP contribution in [0.2, 0.25) is 0 Å². The number of anilines is 2. The number of nitrogens with one attached hydrogen (secondary N) is 1. The molecule has 4 rings (SSSR count). The molecule has 0 spiro atoms. The fourth-order valence-corrected chi connectivity index (χ4v) is 3.23. The van der Waals surface area contributed by atoms with Crippen LogP contribution < -0.4 is 15.8 Å². The summed E-state index contributed by atoms with van der Waals surface area (Å²) in [4.78, 5) is 8.95. The zero-order chi connectivity index (χ0) is 19.5. The van der Waals surface area contributed by atoms with E-state index in [1.165, 1.54) is 5.56 Å². The number of nitrogens with zero attached hydrogens (tertiary/aromatic N) is 5. The van der Waals surface area contributed by atoms with Crippen molar-refractivity contribution in [2.75, 3.05) is 24.7 Å². The molecular weight excluding hydrogens is 358 g/mol. The molecule has 0 amide bonds. The van der Waals surface area contributed by atoms with Crippen molar-refractivity contribution in [3.63, 3.8) is 0 Å². The fraction of sp³-hybridized carbons (Fsp3) is 0.263. The molecule has 3 aromatic heterocycles. The van der Waals surface area contributed by atoms with Gasteiger partial charge in [0.25, 0.3) is 0 Å².